The summed E-state index contributed by atoms with van der Waals surface area (Å²) in [7, 11) is 1.53. The van der Waals surface area contributed by atoms with Gasteiger partial charge in [0.15, 0.2) is 23.0 Å². The van der Waals surface area contributed by atoms with E-state index in [2.05, 4.69) is 11.1 Å². The molecule has 2 aliphatic rings. The number of aromatic amines is 1. The third-order valence-electron chi connectivity index (χ3n) is 6.04. The second-order valence-corrected chi connectivity index (χ2v) is 9.87. The first kappa shape index (κ1) is 24.3. The van der Waals surface area contributed by atoms with Gasteiger partial charge in [0.25, 0.3) is 0 Å². The van der Waals surface area contributed by atoms with Gasteiger partial charge in [0.1, 0.15) is 17.9 Å². The van der Waals surface area contributed by atoms with Crippen LogP contribution >= 0.6 is 0 Å². The average molecular weight is 505 g/mol. The fourth-order valence-electron chi connectivity index (χ4n) is 4.37. The maximum atomic E-state index is 12.6. The standard InChI is InChI=1S/C27H28N4O6/c1-27(2,3)37-26(33)30(4)14-23(32)31-20(12-28)24(18-13-29-19-8-6-5-7-17(18)19)36-25(31)16-9-10-21-22(11-16)35-15-34-21/h5-11,13,23,25,29,32H,14-15H2,1-4H3. The number of fused-ring (bicyclic) bond motifs is 2. The van der Waals surface area contributed by atoms with Crippen molar-refractivity contribution >= 4 is 22.8 Å². The van der Waals surface area contributed by atoms with Crippen molar-refractivity contribution in [2.45, 2.75) is 38.8 Å². The summed E-state index contributed by atoms with van der Waals surface area (Å²) < 4.78 is 22.8. The Bertz CT molecular complexity index is 1420. The highest BCUT2D eigenvalue weighted by atomic mass is 16.7. The molecule has 0 fully saturated rings. The van der Waals surface area contributed by atoms with Gasteiger partial charge in [-0.15, -0.1) is 0 Å². The number of para-hydroxylation sites is 1. The molecule has 3 aromatic rings. The predicted octanol–water partition coefficient (Wildman–Crippen LogP) is 4.31. The van der Waals surface area contributed by atoms with Crippen molar-refractivity contribution in [1.29, 1.82) is 5.26 Å². The summed E-state index contributed by atoms with van der Waals surface area (Å²) in [5.74, 6) is 1.46. The molecule has 2 atom stereocenters. The molecule has 0 aliphatic carbocycles. The van der Waals surface area contributed by atoms with E-state index in [1.54, 1.807) is 45.2 Å². The molecule has 192 valence electrons. The van der Waals surface area contributed by atoms with Crippen molar-refractivity contribution in [3.05, 3.63) is 65.5 Å². The first-order valence-electron chi connectivity index (χ1n) is 11.8. The summed E-state index contributed by atoms with van der Waals surface area (Å²) in [6, 6.07) is 15.2. The molecule has 0 radical (unpaired) electrons. The van der Waals surface area contributed by atoms with Crippen LogP contribution in [0.3, 0.4) is 0 Å². The molecule has 1 aromatic heterocycles. The van der Waals surface area contributed by atoms with Crippen LogP contribution in [-0.4, -0.2) is 58.2 Å². The predicted molar refractivity (Wildman–Crippen MR) is 134 cm³/mol. The zero-order chi connectivity index (χ0) is 26.3. The van der Waals surface area contributed by atoms with Crippen LogP contribution in [0.4, 0.5) is 4.79 Å². The smallest absolute Gasteiger partial charge is 0.410 e. The molecule has 0 saturated heterocycles. The molecule has 10 nitrogen and oxygen atoms in total. The molecule has 2 N–H and O–H groups in total. The zero-order valence-electron chi connectivity index (χ0n) is 21.0. The maximum absolute atomic E-state index is 12.6. The Hall–Kier alpha value is -4.36. The fourth-order valence-corrected chi connectivity index (χ4v) is 4.37. The number of aliphatic hydroxyl groups excluding tert-OH is 1. The summed E-state index contributed by atoms with van der Waals surface area (Å²) in [5.41, 5.74) is 1.66. The van der Waals surface area contributed by atoms with E-state index < -0.39 is 24.2 Å². The minimum absolute atomic E-state index is 0.111. The van der Waals surface area contributed by atoms with Crippen LogP contribution in [0, 0.1) is 11.3 Å². The van der Waals surface area contributed by atoms with E-state index >= 15 is 0 Å². The van der Waals surface area contributed by atoms with Gasteiger partial charge in [0.2, 0.25) is 13.0 Å². The van der Waals surface area contributed by atoms with E-state index in [0.717, 1.165) is 10.9 Å². The molecule has 10 heteroatoms. The Labute approximate surface area is 214 Å². The lowest BCUT2D eigenvalue weighted by Crippen LogP contribution is -2.45. The lowest BCUT2D eigenvalue weighted by molar-refractivity contribution is -0.0675. The first-order chi connectivity index (χ1) is 17.7. The Kier molecular flexibility index (Phi) is 6.09. The molecular formula is C27H28N4O6. The van der Waals surface area contributed by atoms with Gasteiger partial charge >= 0.3 is 6.09 Å². The number of aliphatic hydroxyl groups is 1. The number of carbonyl (C=O) groups is 1. The van der Waals surface area contributed by atoms with Crippen molar-refractivity contribution in [3.63, 3.8) is 0 Å². The number of nitrogens with zero attached hydrogens (tertiary/aromatic N) is 3. The number of nitrogens with one attached hydrogen (secondary N) is 1. The van der Waals surface area contributed by atoms with Gasteiger partial charge in [-0.3, -0.25) is 4.90 Å². The van der Waals surface area contributed by atoms with E-state index in [-0.39, 0.29) is 19.0 Å². The van der Waals surface area contributed by atoms with E-state index in [9.17, 15) is 15.2 Å². The van der Waals surface area contributed by atoms with E-state index in [0.29, 0.717) is 28.4 Å². The second kappa shape index (κ2) is 9.26. The monoisotopic (exact) mass is 504 g/mol. The molecule has 2 unspecified atom stereocenters. The van der Waals surface area contributed by atoms with Crippen molar-refractivity contribution in [3.8, 4) is 17.6 Å². The molecule has 0 spiro atoms. The Morgan fingerprint density at radius 2 is 2.03 bits per heavy atom. The van der Waals surface area contributed by atoms with Crippen LogP contribution in [0.2, 0.25) is 0 Å². The van der Waals surface area contributed by atoms with Crippen LogP contribution < -0.4 is 9.47 Å². The summed E-state index contributed by atoms with van der Waals surface area (Å²) >= 11 is 0. The Morgan fingerprint density at radius 1 is 1.27 bits per heavy atom. The lowest BCUT2D eigenvalue weighted by atomic mass is 10.1. The summed E-state index contributed by atoms with van der Waals surface area (Å²) in [4.78, 5) is 18.5. The van der Waals surface area contributed by atoms with E-state index in [4.69, 9.17) is 18.9 Å². The van der Waals surface area contributed by atoms with Gasteiger partial charge in [-0.1, -0.05) is 18.2 Å². The molecule has 2 aliphatic heterocycles. The number of carbonyl (C=O) groups excluding carboxylic acids is 1. The zero-order valence-corrected chi connectivity index (χ0v) is 21.0. The topological polar surface area (TPSA) is 120 Å². The minimum Gasteiger partial charge on any atom is -0.462 e. The number of H-pyrrole nitrogens is 1. The van der Waals surface area contributed by atoms with Crippen molar-refractivity contribution < 1.29 is 28.8 Å². The SMILES string of the molecule is CN(CC(O)N1C(C#N)=C(c2c[nH]c3ccccc23)OC1c1ccc2c(c1)OCO2)C(=O)OC(C)(C)C. The van der Waals surface area contributed by atoms with Gasteiger partial charge in [0, 0.05) is 35.3 Å². The van der Waals surface area contributed by atoms with Gasteiger partial charge in [0.05, 0.1) is 6.54 Å². The molecule has 1 amide bonds. The number of hydrogen-bond acceptors (Lipinski definition) is 8. The highest BCUT2D eigenvalue weighted by Crippen LogP contribution is 2.45. The second-order valence-electron chi connectivity index (χ2n) is 9.87. The number of allylic oxidation sites excluding steroid dienone is 1. The van der Waals surface area contributed by atoms with Crippen LogP contribution in [0.15, 0.2) is 54.4 Å². The van der Waals surface area contributed by atoms with Crippen LogP contribution in [0.1, 0.15) is 38.1 Å². The van der Waals surface area contributed by atoms with Crippen LogP contribution in [-0.2, 0) is 9.47 Å². The third kappa shape index (κ3) is 4.61. The summed E-state index contributed by atoms with van der Waals surface area (Å²) in [6.45, 7) is 5.28. The minimum atomic E-state index is -1.29. The van der Waals surface area contributed by atoms with Crippen LogP contribution in [0.25, 0.3) is 16.7 Å². The quantitative estimate of drug-likeness (QED) is 0.528. The number of ether oxygens (including phenoxy) is 4. The first-order valence-corrected chi connectivity index (χ1v) is 11.8. The van der Waals surface area contributed by atoms with Crippen molar-refractivity contribution in [1.82, 2.24) is 14.8 Å². The molecule has 0 bridgehead atoms. The summed E-state index contributed by atoms with van der Waals surface area (Å²) in [6.07, 6.45) is -0.970. The number of rotatable bonds is 5. The summed E-state index contributed by atoms with van der Waals surface area (Å²) in [5, 5.41) is 22.5. The molecular weight excluding hydrogens is 476 g/mol. The van der Waals surface area contributed by atoms with Gasteiger partial charge in [-0.2, -0.15) is 5.26 Å². The third-order valence-corrected chi connectivity index (χ3v) is 6.04. The van der Waals surface area contributed by atoms with E-state index in [1.807, 2.05) is 24.3 Å². The number of amides is 1. The fraction of sp³-hybridized carbons (Fsp3) is 0.333. The largest absolute Gasteiger partial charge is 0.462 e. The Balaban J connectivity index is 1.53. The molecule has 5 rings (SSSR count). The van der Waals surface area contributed by atoms with Crippen LogP contribution in [0.5, 0.6) is 11.5 Å². The molecule has 37 heavy (non-hydrogen) atoms. The number of aromatic nitrogens is 1. The maximum Gasteiger partial charge on any atom is 0.410 e. The van der Waals surface area contributed by atoms with E-state index in [1.165, 1.54) is 16.8 Å². The number of likely N-dealkylation sites (N-methyl/N-ethyl adjacent to an activating group) is 1. The van der Waals surface area contributed by atoms with Gasteiger partial charge in [-0.05, 0) is 45.0 Å². The van der Waals surface area contributed by atoms with Gasteiger partial charge < -0.3 is 33.9 Å². The lowest BCUT2D eigenvalue weighted by Gasteiger charge is -2.33. The van der Waals surface area contributed by atoms with Crippen molar-refractivity contribution in [2.75, 3.05) is 20.4 Å². The Morgan fingerprint density at radius 3 is 2.78 bits per heavy atom. The molecule has 3 heterocycles. The highest BCUT2D eigenvalue weighted by molar-refractivity contribution is 5.92. The molecule has 0 saturated carbocycles. The molecule has 2 aromatic carbocycles. The normalized spacial score (nSPS) is 17.5. The van der Waals surface area contributed by atoms with Gasteiger partial charge in [-0.25, -0.2) is 4.79 Å². The number of hydrogen-bond donors (Lipinski definition) is 2. The highest BCUT2D eigenvalue weighted by Gasteiger charge is 2.41. The average Bonchev–Trinajstić information content (AvgIpc) is 3.58. The number of benzene rings is 2. The number of nitriles is 1. The van der Waals surface area contributed by atoms with Crippen molar-refractivity contribution in [2.24, 2.45) is 0 Å².